The predicted molar refractivity (Wildman–Crippen MR) is 52.2 cm³/mol. The van der Waals surface area contributed by atoms with E-state index in [2.05, 4.69) is 12.2 Å². The van der Waals surface area contributed by atoms with Crippen molar-refractivity contribution in [2.45, 2.75) is 45.4 Å². The number of piperidine rings is 1. The average molecular weight is 167 g/mol. The van der Waals surface area contributed by atoms with Crippen LogP contribution < -0.4 is 5.32 Å². The summed E-state index contributed by atoms with van der Waals surface area (Å²) in [6.07, 6.45) is 8.81. The van der Waals surface area contributed by atoms with Crippen LogP contribution in [0.3, 0.4) is 0 Å². The van der Waals surface area contributed by atoms with Gasteiger partial charge >= 0.3 is 0 Å². The zero-order valence-electron chi connectivity index (χ0n) is 8.23. The van der Waals surface area contributed by atoms with Crippen molar-refractivity contribution < 1.29 is 0 Å². The first-order valence-electron chi connectivity index (χ1n) is 5.55. The molecule has 0 amide bonds. The average Bonchev–Trinajstić information content (AvgIpc) is 2.40. The van der Waals surface area contributed by atoms with Gasteiger partial charge in [0, 0.05) is 6.54 Å². The van der Waals surface area contributed by atoms with E-state index in [0.29, 0.717) is 0 Å². The summed E-state index contributed by atoms with van der Waals surface area (Å²) < 4.78 is 0. The Morgan fingerprint density at radius 1 is 1.50 bits per heavy atom. The van der Waals surface area contributed by atoms with Crippen molar-refractivity contribution in [1.29, 1.82) is 0 Å². The Balaban J connectivity index is 1.91. The van der Waals surface area contributed by atoms with Crippen molar-refractivity contribution in [3.05, 3.63) is 0 Å². The first-order valence-corrected chi connectivity index (χ1v) is 5.55. The minimum Gasteiger partial charge on any atom is -0.316 e. The molecule has 1 N–H and O–H groups in total. The van der Waals surface area contributed by atoms with Gasteiger partial charge in [-0.05, 0) is 43.6 Å². The first-order chi connectivity index (χ1) is 5.85. The largest absolute Gasteiger partial charge is 0.316 e. The van der Waals surface area contributed by atoms with Gasteiger partial charge in [-0.1, -0.05) is 19.8 Å². The molecule has 2 aliphatic rings. The molecule has 2 bridgehead atoms. The van der Waals surface area contributed by atoms with Gasteiger partial charge in [-0.2, -0.15) is 0 Å². The van der Waals surface area contributed by atoms with Crippen LogP contribution in [0.15, 0.2) is 0 Å². The topological polar surface area (TPSA) is 12.0 Å². The molecule has 0 aromatic heterocycles. The van der Waals surface area contributed by atoms with E-state index in [1.807, 2.05) is 0 Å². The Labute approximate surface area is 75.9 Å². The third kappa shape index (κ3) is 1.52. The number of hydrogen-bond acceptors (Lipinski definition) is 1. The van der Waals surface area contributed by atoms with Crippen LogP contribution in [-0.4, -0.2) is 13.1 Å². The Morgan fingerprint density at radius 2 is 2.42 bits per heavy atom. The third-order valence-corrected chi connectivity index (χ3v) is 3.80. The molecule has 0 radical (unpaired) electrons. The van der Waals surface area contributed by atoms with Crippen molar-refractivity contribution >= 4 is 0 Å². The molecule has 70 valence electrons. The molecule has 1 aliphatic heterocycles. The summed E-state index contributed by atoms with van der Waals surface area (Å²) in [5.74, 6) is 1.02. The highest BCUT2D eigenvalue weighted by molar-refractivity contribution is 4.95. The molecule has 12 heavy (non-hydrogen) atoms. The van der Waals surface area contributed by atoms with Crippen LogP contribution in [0, 0.1) is 11.3 Å². The molecule has 0 aromatic rings. The van der Waals surface area contributed by atoms with E-state index in [1.165, 1.54) is 51.6 Å². The predicted octanol–water partition coefficient (Wildman–Crippen LogP) is 2.57. The van der Waals surface area contributed by atoms with E-state index >= 15 is 0 Å². The van der Waals surface area contributed by atoms with E-state index in [9.17, 15) is 0 Å². The lowest BCUT2D eigenvalue weighted by molar-refractivity contribution is 0.208. The van der Waals surface area contributed by atoms with Gasteiger partial charge in [0.1, 0.15) is 0 Å². The van der Waals surface area contributed by atoms with Crippen LogP contribution in [-0.2, 0) is 0 Å². The molecule has 1 heteroatoms. The van der Waals surface area contributed by atoms with Gasteiger partial charge in [0.05, 0.1) is 0 Å². The van der Waals surface area contributed by atoms with Crippen molar-refractivity contribution in [2.24, 2.45) is 11.3 Å². The van der Waals surface area contributed by atoms with Crippen LogP contribution >= 0.6 is 0 Å². The maximum Gasteiger partial charge on any atom is 0.000803 e. The molecule has 1 nitrogen and oxygen atoms in total. The number of unbranched alkanes of at least 4 members (excludes halogenated alkanes) is 1. The van der Waals surface area contributed by atoms with Crippen molar-refractivity contribution in [3.8, 4) is 0 Å². The minimum atomic E-state index is 0.735. The van der Waals surface area contributed by atoms with Crippen LogP contribution in [0.2, 0.25) is 0 Å². The fourth-order valence-electron chi connectivity index (χ4n) is 3.07. The molecule has 0 spiro atoms. The minimum absolute atomic E-state index is 0.735. The van der Waals surface area contributed by atoms with Gasteiger partial charge in [0.15, 0.2) is 0 Å². The van der Waals surface area contributed by atoms with Gasteiger partial charge in [0.25, 0.3) is 0 Å². The van der Waals surface area contributed by atoms with Crippen molar-refractivity contribution in [2.75, 3.05) is 13.1 Å². The quantitative estimate of drug-likeness (QED) is 0.681. The van der Waals surface area contributed by atoms with E-state index in [0.717, 1.165) is 11.3 Å². The summed E-state index contributed by atoms with van der Waals surface area (Å²) in [4.78, 5) is 0. The molecule has 2 fully saturated rings. The number of fused-ring (bicyclic) bond motifs is 2. The van der Waals surface area contributed by atoms with E-state index in [-0.39, 0.29) is 0 Å². The smallest absolute Gasteiger partial charge is 0.000803 e. The Hall–Kier alpha value is -0.0400. The maximum atomic E-state index is 3.60. The molecule has 1 aliphatic carbocycles. The fraction of sp³-hybridized carbons (Fsp3) is 1.00. The number of hydrogen-bond donors (Lipinski definition) is 1. The lowest BCUT2D eigenvalue weighted by Gasteiger charge is -2.33. The van der Waals surface area contributed by atoms with Crippen LogP contribution in [0.5, 0.6) is 0 Å². The fourth-order valence-corrected chi connectivity index (χ4v) is 3.07. The van der Waals surface area contributed by atoms with Gasteiger partial charge in [-0.25, -0.2) is 0 Å². The van der Waals surface area contributed by atoms with Crippen LogP contribution in [0.1, 0.15) is 45.4 Å². The lowest BCUT2D eigenvalue weighted by Crippen LogP contribution is -2.39. The summed E-state index contributed by atoms with van der Waals surface area (Å²) in [6, 6.07) is 0. The van der Waals surface area contributed by atoms with E-state index in [4.69, 9.17) is 0 Å². The molecule has 1 saturated heterocycles. The molecular formula is C11H21N. The van der Waals surface area contributed by atoms with Crippen molar-refractivity contribution in [3.63, 3.8) is 0 Å². The number of nitrogens with one attached hydrogen (secondary N) is 1. The second-order valence-corrected chi connectivity index (χ2v) is 4.84. The second-order valence-electron chi connectivity index (χ2n) is 4.84. The molecule has 2 rings (SSSR count). The van der Waals surface area contributed by atoms with Gasteiger partial charge in [-0.15, -0.1) is 0 Å². The Bertz CT molecular complexity index is 151. The summed E-state index contributed by atoms with van der Waals surface area (Å²) in [5, 5.41) is 3.60. The number of rotatable bonds is 3. The van der Waals surface area contributed by atoms with Crippen LogP contribution in [0.25, 0.3) is 0 Å². The summed E-state index contributed by atoms with van der Waals surface area (Å²) in [6.45, 7) is 4.91. The Morgan fingerprint density at radius 3 is 3.25 bits per heavy atom. The van der Waals surface area contributed by atoms with E-state index in [1.54, 1.807) is 0 Å². The summed E-state index contributed by atoms with van der Waals surface area (Å²) >= 11 is 0. The highest BCUT2D eigenvalue weighted by Crippen LogP contribution is 2.46. The standard InChI is InChI=1S/C11H21N/c1-2-3-5-11-6-4-10(7-11)8-12-9-11/h10,12H,2-9H2,1H3. The van der Waals surface area contributed by atoms with Gasteiger partial charge in [0.2, 0.25) is 0 Å². The van der Waals surface area contributed by atoms with Gasteiger partial charge < -0.3 is 5.32 Å². The Kier molecular flexibility index (Phi) is 2.40. The molecule has 1 heterocycles. The SMILES string of the molecule is CCCCC12CCC(CNC1)C2. The van der Waals surface area contributed by atoms with E-state index < -0.39 is 0 Å². The lowest BCUT2D eigenvalue weighted by atomic mass is 9.78. The first kappa shape index (κ1) is 8.55. The maximum absolute atomic E-state index is 3.60. The van der Waals surface area contributed by atoms with Gasteiger partial charge in [-0.3, -0.25) is 0 Å². The molecule has 1 saturated carbocycles. The third-order valence-electron chi connectivity index (χ3n) is 3.80. The van der Waals surface area contributed by atoms with Crippen LogP contribution in [0.4, 0.5) is 0 Å². The molecular weight excluding hydrogens is 146 g/mol. The molecule has 0 aromatic carbocycles. The highest BCUT2D eigenvalue weighted by Gasteiger charge is 2.40. The zero-order valence-corrected chi connectivity index (χ0v) is 8.23. The summed E-state index contributed by atoms with van der Waals surface area (Å²) in [7, 11) is 0. The zero-order chi connectivity index (χ0) is 8.44. The van der Waals surface area contributed by atoms with Crippen molar-refractivity contribution in [1.82, 2.24) is 5.32 Å². The molecule has 2 unspecified atom stereocenters. The highest BCUT2D eigenvalue weighted by atomic mass is 14.9. The second kappa shape index (κ2) is 3.37. The summed E-state index contributed by atoms with van der Waals surface area (Å²) in [5.41, 5.74) is 0.735. The monoisotopic (exact) mass is 167 g/mol. The normalized spacial score (nSPS) is 40.2. The molecule has 2 atom stereocenters.